The molecule has 1 atom stereocenters. The van der Waals surface area contributed by atoms with Gasteiger partial charge in [0.25, 0.3) is 0 Å². The van der Waals surface area contributed by atoms with Crippen molar-refractivity contribution in [2.75, 3.05) is 0 Å². The van der Waals surface area contributed by atoms with Crippen LogP contribution in [0.15, 0.2) is 88.9 Å². The zero-order valence-electron chi connectivity index (χ0n) is 15.1. The first-order valence-electron chi connectivity index (χ1n) is 8.99. The lowest BCUT2D eigenvalue weighted by Crippen LogP contribution is -2.21. The average molecular weight is 417 g/mol. The Balaban J connectivity index is 1.80. The molecule has 3 N–H and O–H groups in total. The summed E-state index contributed by atoms with van der Waals surface area (Å²) in [5.74, 6) is 0. The lowest BCUT2D eigenvalue weighted by molar-refractivity contribution is 0.841. The van der Waals surface area contributed by atoms with Crippen LogP contribution in [0.3, 0.4) is 0 Å². The van der Waals surface area contributed by atoms with Gasteiger partial charge in [-0.25, -0.2) is 0 Å². The van der Waals surface area contributed by atoms with Gasteiger partial charge in [0.15, 0.2) is 0 Å². The van der Waals surface area contributed by atoms with Crippen molar-refractivity contribution in [3.05, 3.63) is 111 Å². The SMILES string of the molecule is C/C(=C1/NC(c2ccccc2)=Cc2ccccc21)C(N)c1ccc(Br)cc1. The van der Waals surface area contributed by atoms with Crippen molar-refractivity contribution in [1.29, 1.82) is 0 Å². The number of benzene rings is 3. The summed E-state index contributed by atoms with van der Waals surface area (Å²) in [7, 11) is 0. The van der Waals surface area contributed by atoms with E-state index in [9.17, 15) is 0 Å². The van der Waals surface area contributed by atoms with E-state index in [1.807, 2.05) is 18.2 Å². The maximum absolute atomic E-state index is 6.63. The van der Waals surface area contributed by atoms with Crippen LogP contribution in [0, 0.1) is 0 Å². The zero-order chi connectivity index (χ0) is 18.8. The van der Waals surface area contributed by atoms with Gasteiger partial charge in [-0.1, -0.05) is 82.7 Å². The predicted octanol–water partition coefficient (Wildman–Crippen LogP) is 5.98. The molecule has 0 bridgehead atoms. The maximum atomic E-state index is 6.63. The third kappa shape index (κ3) is 3.61. The number of fused-ring (bicyclic) bond motifs is 1. The van der Waals surface area contributed by atoms with Crippen LogP contribution in [0.25, 0.3) is 17.5 Å². The normalized spacial score (nSPS) is 16.0. The number of hydrogen-bond acceptors (Lipinski definition) is 2. The first-order valence-corrected chi connectivity index (χ1v) is 9.78. The summed E-state index contributed by atoms with van der Waals surface area (Å²) < 4.78 is 1.05. The molecule has 1 unspecified atom stereocenters. The fourth-order valence-electron chi connectivity index (χ4n) is 3.40. The fraction of sp³-hybridized carbons (Fsp3) is 0.0833. The molecule has 4 rings (SSSR count). The molecule has 0 aromatic heterocycles. The summed E-state index contributed by atoms with van der Waals surface area (Å²) >= 11 is 3.49. The van der Waals surface area contributed by atoms with E-state index >= 15 is 0 Å². The van der Waals surface area contributed by atoms with E-state index in [1.165, 1.54) is 11.1 Å². The molecule has 1 heterocycles. The van der Waals surface area contributed by atoms with Gasteiger partial charge in [-0.3, -0.25) is 0 Å². The first-order chi connectivity index (χ1) is 13.1. The van der Waals surface area contributed by atoms with Crippen LogP contribution in [0.5, 0.6) is 0 Å². The molecule has 2 nitrogen and oxygen atoms in total. The van der Waals surface area contributed by atoms with E-state index < -0.39 is 0 Å². The number of nitrogens with two attached hydrogens (primary N) is 1. The molecule has 0 spiro atoms. The Labute approximate surface area is 168 Å². The maximum Gasteiger partial charge on any atom is 0.0531 e. The molecule has 27 heavy (non-hydrogen) atoms. The number of nitrogens with one attached hydrogen (secondary N) is 1. The molecule has 0 radical (unpaired) electrons. The van der Waals surface area contributed by atoms with E-state index in [-0.39, 0.29) is 6.04 Å². The molecule has 134 valence electrons. The molecule has 1 aliphatic rings. The summed E-state index contributed by atoms with van der Waals surface area (Å²) in [6, 6.07) is 26.9. The van der Waals surface area contributed by atoms with E-state index in [4.69, 9.17) is 5.73 Å². The fourth-order valence-corrected chi connectivity index (χ4v) is 3.67. The van der Waals surface area contributed by atoms with E-state index in [1.54, 1.807) is 0 Å². The molecule has 0 saturated carbocycles. The average Bonchev–Trinajstić information content (AvgIpc) is 2.73. The third-order valence-electron chi connectivity index (χ3n) is 4.96. The van der Waals surface area contributed by atoms with Crippen LogP contribution >= 0.6 is 15.9 Å². The molecule has 0 amide bonds. The smallest absolute Gasteiger partial charge is 0.0531 e. The van der Waals surface area contributed by atoms with Crippen LogP contribution in [0.4, 0.5) is 0 Å². The second-order valence-electron chi connectivity index (χ2n) is 6.72. The Kier molecular flexibility index (Phi) is 4.97. The first kappa shape index (κ1) is 17.8. The molecular weight excluding hydrogens is 396 g/mol. The lowest BCUT2D eigenvalue weighted by atomic mass is 9.91. The Morgan fingerprint density at radius 3 is 2.30 bits per heavy atom. The molecule has 0 fully saturated rings. The minimum atomic E-state index is -0.177. The van der Waals surface area contributed by atoms with Gasteiger partial charge >= 0.3 is 0 Å². The Morgan fingerprint density at radius 1 is 0.889 bits per heavy atom. The second-order valence-corrected chi connectivity index (χ2v) is 7.64. The molecule has 3 aromatic carbocycles. The lowest BCUT2D eigenvalue weighted by Gasteiger charge is -2.26. The van der Waals surface area contributed by atoms with E-state index in [0.29, 0.717) is 0 Å². The third-order valence-corrected chi connectivity index (χ3v) is 5.49. The number of rotatable bonds is 3. The zero-order valence-corrected chi connectivity index (χ0v) is 16.7. The summed E-state index contributed by atoms with van der Waals surface area (Å²) in [5.41, 5.74) is 14.6. The van der Waals surface area contributed by atoms with Crippen LogP contribution < -0.4 is 11.1 Å². The van der Waals surface area contributed by atoms with Gasteiger partial charge in [0.05, 0.1) is 6.04 Å². The highest BCUT2D eigenvalue weighted by molar-refractivity contribution is 9.10. The van der Waals surface area contributed by atoms with Gasteiger partial charge in [-0.15, -0.1) is 0 Å². The van der Waals surface area contributed by atoms with Crippen LogP contribution in [0.1, 0.15) is 35.2 Å². The van der Waals surface area contributed by atoms with Gasteiger partial charge in [-0.05, 0) is 47.4 Å². The van der Waals surface area contributed by atoms with Crippen molar-refractivity contribution in [3.63, 3.8) is 0 Å². The monoisotopic (exact) mass is 416 g/mol. The van der Waals surface area contributed by atoms with Gasteiger partial charge in [-0.2, -0.15) is 0 Å². The highest BCUT2D eigenvalue weighted by Gasteiger charge is 2.20. The largest absolute Gasteiger partial charge is 0.354 e. The molecule has 1 aliphatic heterocycles. The van der Waals surface area contributed by atoms with Crippen molar-refractivity contribution in [1.82, 2.24) is 5.32 Å². The molecule has 0 saturated heterocycles. The number of hydrogen-bond donors (Lipinski definition) is 2. The molecule has 3 heteroatoms. The van der Waals surface area contributed by atoms with Crippen LogP contribution in [0.2, 0.25) is 0 Å². The van der Waals surface area contributed by atoms with Gasteiger partial charge in [0.2, 0.25) is 0 Å². The minimum absolute atomic E-state index is 0.177. The summed E-state index contributed by atoms with van der Waals surface area (Å²) in [6.45, 7) is 2.11. The predicted molar refractivity (Wildman–Crippen MR) is 118 cm³/mol. The van der Waals surface area contributed by atoms with Crippen LogP contribution in [-0.2, 0) is 0 Å². The van der Waals surface area contributed by atoms with Crippen molar-refractivity contribution in [3.8, 4) is 0 Å². The standard InChI is InChI=1S/C24H21BrN2/c1-16(23(26)18-11-13-20(25)14-12-18)24-21-10-6-5-9-19(21)15-22(27-24)17-7-3-2-4-8-17/h2-15,23,27H,26H2,1H3/b24-16-. The summed E-state index contributed by atoms with van der Waals surface area (Å²) in [4.78, 5) is 0. The van der Waals surface area contributed by atoms with Crippen molar-refractivity contribution in [2.24, 2.45) is 5.73 Å². The Bertz CT molecular complexity index is 1020. The van der Waals surface area contributed by atoms with Crippen molar-refractivity contribution < 1.29 is 0 Å². The Hall–Kier alpha value is -2.62. The van der Waals surface area contributed by atoms with E-state index in [0.717, 1.165) is 32.6 Å². The van der Waals surface area contributed by atoms with E-state index in [2.05, 4.69) is 94.9 Å². The molecule has 0 aliphatic carbocycles. The highest BCUT2D eigenvalue weighted by atomic mass is 79.9. The van der Waals surface area contributed by atoms with Gasteiger partial charge in [0, 0.05) is 21.4 Å². The topological polar surface area (TPSA) is 38.0 Å². The quantitative estimate of drug-likeness (QED) is 0.550. The van der Waals surface area contributed by atoms with Crippen molar-refractivity contribution >= 4 is 33.4 Å². The van der Waals surface area contributed by atoms with Crippen molar-refractivity contribution in [2.45, 2.75) is 13.0 Å². The number of halogens is 1. The van der Waals surface area contributed by atoms with Gasteiger partial charge in [0.1, 0.15) is 0 Å². The second kappa shape index (κ2) is 7.55. The highest BCUT2D eigenvalue weighted by Crippen LogP contribution is 2.34. The summed E-state index contributed by atoms with van der Waals surface area (Å²) in [6.07, 6.45) is 2.20. The van der Waals surface area contributed by atoms with Gasteiger partial charge < -0.3 is 11.1 Å². The molecular formula is C24H21BrN2. The van der Waals surface area contributed by atoms with Crippen LogP contribution in [-0.4, -0.2) is 0 Å². The Morgan fingerprint density at radius 2 is 1.56 bits per heavy atom. The minimum Gasteiger partial charge on any atom is -0.354 e. The molecule has 3 aromatic rings. The summed E-state index contributed by atoms with van der Waals surface area (Å²) in [5, 5.41) is 3.64.